The molecule has 0 amide bonds. The molecule has 0 radical (unpaired) electrons. The third kappa shape index (κ3) is 12.4. The summed E-state index contributed by atoms with van der Waals surface area (Å²) in [5.41, 5.74) is 8.52. The number of rotatable bonds is 2. The summed E-state index contributed by atoms with van der Waals surface area (Å²) in [6.07, 6.45) is 8.23. The fourth-order valence-corrected chi connectivity index (χ4v) is 6.92. The van der Waals surface area contributed by atoms with Crippen LogP contribution in [0.5, 0.6) is 17.2 Å². The summed E-state index contributed by atoms with van der Waals surface area (Å²) in [5, 5.41) is 2.90. The molecule has 0 spiro atoms. The first kappa shape index (κ1) is 46.1. The number of benzene rings is 5. The maximum absolute atomic E-state index is 11.3. The fraction of sp³-hybridized carbons (Fsp3) is 0.218. The van der Waals surface area contributed by atoms with Crippen LogP contribution in [0, 0.1) is 27.7 Å². The Balaban J connectivity index is 0.000000134. The zero-order chi connectivity index (χ0) is 45.8. The molecule has 0 bridgehead atoms. The van der Waals surface area contributed by atoms with E-state index >= 15 is 0 Å². The smallest absolute Gasteiger partial charge is 0.339 e. The molecule has 0 saturated carbocycles. The second-order valence-electron chi connectivity index (χ2n) is 16.3. The first-order valence-corrected chi connectivity index (χ1v) is 21.2. The van der Waals surface area contributed by atoms with Crippen molar-refractivity contribution in [3.05, 3.63) is 204 Å². The van der Waals surface area contributed by atoms with Gasteiger partial charge in [0.2, 0.25) is 0 Å². The van der Waals surface area contributed by atoms with Gasteiger partial charge >= 0.3 is 16.9 Å². The lowest BCUT2D eigenvalue weighted by atomic mass is 9.85. The molecule has 0 atom stereocenters. The highest BCUT2D eigenvalue weighted by Crippen LogP contribution is 2.30. The van der Waals surface area contributed by atoms with Crippen LogP contribution in [0.25, 0.3) is 45.1 Å². The van der Waals surface area contributed by atoms with Crippen molar-refractivity contribution in [2.75, 3.05) is 19.8 Å². The molecule has 8 aromatic rings. The van der Waals surface area contributed by atoms with Crippen LogP contribution in [-0.2, 0) is 5.41 Å². The van der Waals surface area contributed by atoms with E-state index in [9.17, 15) is 14.4 Å². The summed E-state index contributed by atoms with van der Waals surface area (Å²) >= 11 is 0. The van der Waals surface area contributed by atoms with Crippen LogP contribution in [0.3, 0.4) is 0 Å². The Labute approximate surface area is 372 Å². The predicted octanol–water partition coefficient (Wildman–Crippen LogP) is 12.5. The highest BCUT2D eigenvalue weighted by Gasteiger charge is 2.19. The molecular formula is C55H54O9. The molecule has 0 N–H and O–H groups in total. The van der Waals surface area contributed by atoms with E-state index in [2.05, 4.69) is 65.0 Å². The number of hydrogen-bond donors (Lipinski definition) is 0. The van der Waals surface area contributed by atoms with Crippen molar-refractivity contribution in [2.45, 2.75) is 60.8 Å². The SMILES string of the molecule is C1=Cc2ccccc2OC1.CCOc1ccc2c(C)cc(=O)oc2c1.Cc1cc(C(C)(C)C)c2oc(=O)ccc2c1.Cc1cc2ccccc2oc1=O.Cc1ccc2c(c1)C=CCO2. The highest BCUT2D eigenvalue weighted by molar-refractivity contribution is 5.82. The van der Waals surface area contributed by atoms with Crippen molar-refractivity contribution in [3.63, 3.8) is 0 Å². The van der Waals surface area contributed by atoms with E-state index in [1.165, 1.54) is 34.4 Å². The quantitative estimate of drug-likeness (QED) is 0.157. The molecule has 3 aromatic heterocycles. The molecule has 9 nitrogen and oxygen atoms in total. The van der Waals surface area contributed by atoms with Crippen LogP contribution in [0.2, 0.25) is 0 Å². The van der Waals surface area contributed by atoms with Crippen LogP contribution in [-0.4, -0.2) is 19.8 Å². The molecule has 10 rings (SSSR count). The Morgan fingerprint density at radius 1 is 0.562 bits per heavy atom. The summed E-state index contributed by atoms with van der Waals surface area (Å²) in [4.78, 5) is 33.5. The van der Waals surface area contributed by atoms with Gasteiger partial charge in [0.05, 0.1) is 6.61 Å². The largest absolute Gasteiger partial charge is 0.494 e. The van der Waals surface area contributed by atoms with Crippen molar-refractivity contribution in [2.24, 2.45) is 0 Å². The molecule has 2 aliphatic rings. The van der Waals surface area contributed by atoms with Gasteiger partial charge in [-0.05, 0) is 118 Å². The summed E-state index contributed by atoms with van der Waals surface area (Å²) in [6, 6.07) is 38.0. The minimum Gasteiger partial charge on any atom is -0.494 e. The van der Waals surface area contributed by atoms with Crippen molar-refractivity contribution >= 4 is 45.1 Å². The number of hydrogen-bond acceptors (Lipinski definition) is 9. The van der Waals surface area contributed by atoms with E-state index in [1.807, 2.05) is 105 Å². The van der Waals surface area contributed by atoms with E-state index in [1.54, 1.807) is 19.1 Å². The average molecular weight is 859 g/mol. The van der Waals surface area contributed by atoms with Gasteiger partial charge in [0.1, 0.15) is 47.2 Å². The van der Waals surface area contributed by atoms with Gasteiger partial charge in [-0.3, -0.25) is 0 Å². The first-order chi connectivity index (χ1) is 30.7. The number of aryl methyl sites for hydroxylation is 4. The van der Waals surface area contributed by atoms with Crippen LogP contribution >= 0.6 is 0 Å². The predicted molar refractivity (Wildman–Crippen MR) is 258 cm³/mol. The molecule has 5 heterocycles. The number of ether oxygens (including phenoxy) is 3. The van der Waals surface area contributed by atoms with Crippen LogP contribution in [0.4, 0.5) is 0 Å². The van der Waals surface area contributed by atoms with Gasteiger partial charge in [0.15, 0.2) is 0 Å². The van der Waals surface area contributed by atoms with Gasteiger partial charge in [0.25, 0.3) is 0 Å². The van der Waals surface area contributed by atoms with E-state index < -0.39 is 0 Å². The minimum atomic E-state index is -0.325. The summed E-state index contributed by atoms with van der Waals surface area (Å²) < 4.78 is 31.5. The normalized spacial score (nSPS) is 12.0. The van der Waals surface area contributed by atoms with Crippen LogP contribution in [0.1, 0.15) is 66.6 Å². The Hall–Kier alpha value is -7.39. The Morgan fingerprint density at radius 3 is 2.00 bits per heavy atom. The molecule has 0 unspecified atom stereocenters. The van der Waals surface area contributed by atoms with E-state index in [0.29, 0.717) is 42.1 Å². The lowest BCUT2D eigenvalue weighted by Crippen LogP contribution is -2.13. The Bertz CT molecular complexity index is 3120. The second-order valence-corrected chi connectivity index (χ2v) is 16.3. The van der Waals surface area contributed by atoms with Crippen molar-refractivity contribution < 1.29 is 27.5 Å². The summed E-state index contributed by atoms with van der Waals surface area (Å²) in [5.74, 6) is 2.71. The minimum absolute atomic E-state index is 0.0262. The van der Waals surface area contributed by atoms with Crippen molar-refractivity contribution in [1.29, 1.82) is 0 Å². The third-order valence-corrected chi connectivity index (χ3v) is 10.1. The highest BCUT2D eigenvalue weighted by atomic mass is 16.5. The van der Waals surface area contributed by atoms with Crippen LogP contribution in [0.15, 0.2) is 161 Å². The van der Waals surface area contributed by atoms with Gasteiger partial charge in [-0.25, -0.2) is 14.4 Å². The number of fused-ring (bicyclic) bond motifs is 5. The topological polar surface area (TPSA) is 118 Å². The van der Waals surface area contributed by atoms with Gasteiger partial charge < -0.3 is 27.5 Å². The first-order valence-electron chi connectivity index (χ1n) is 21.2. The van der Waals surface area contributed by atoms with Gasteiger partial charge in [-0.1, -0.05) is 87.0 Å². The second kappa shape index (κ2) is 21.1. The monoisotopic (exact) mass is 858 g/mol. The van der Waals surface area contributed by atoms with Crippen LogP contribution < -0.4 is 31.1 Å². The lowest BCUT2D eigenvalue weighted by Gasteiger charge is -2.20. The van der Waals surface area contributed by atoms with Gasteiger partial charge in [-0.15, -0.1) is 0 Å². The molecular weight excluding hydrogens is 805 g/mol. The maximum atomic E-state index is 11.3. The lowest BCUT2D eigenvalue weighted by molar-refractivity contribution is 0.340. The van der Waals surface area contributed by atoms with E-state index in [4.69, 9.17) is 27.5 Å². The molecule has 64 heavy (non-hydrogen) atoms. The zero-order valence-electron chi connectivity index (χ0n) is 37.7. The Morgan fingerprint density at radius 2 is 1.27 bits per heavy atom. The zero-order valence-corrected chi connectivity index (χ0v) is 37.7. The molecule has 328 valence electrons. The van der Waals surface area contributed by atoms with Crippen molar-refractivity contribution in [1.82, 2.24) is 0 Å². The molecule has 9 heteroatoms. The fourth-order valence-electron chi connectivity index (χ4n) is 6.92. The summed E-state index contributed by atoms with van der Waals surface area (Å²) in [7, 11) is 0. The van der Waals surface area contributed by atoms with Gasteiger partial charge in [-0.2, -0.15) is 0 Å². The molecule has 2 aliphatic heterocycles. The third-order valence-electron chi connectivity index (χ3n) is 10.1. The summed E-state index contributed by atoms with van der Waals surface area (Å²) in [6.45, 7) is 18.1. The molecule has 5 aromatic carbocycles. The molecule has 0 fully saturated rings. The molecule has 0 aliphatic carbocycles. The standard InChI is InChI=1S/C14H16O2.C12H12O3.C10H8O2.C10H10O.C9H8O/c1-9-7-10-5-6-12(15)16-13(10)11(8-9)14(2,3)4;1-3-14-9-4-5-10-8(2)6-12(13)15-11(10)7-9;1-7-6-8-4-2-3-5-9(8)12-10(7)11;1-8-4-5-10-9(7-8)3-2-6-11-10;1-2-6-9-8(4-1)5-3-7-10-9/h5-8H,1-4H3;4-7H,3H2,1-2H3;2-6H,1H3;2-5,7H,6H2,1H3;1-6H,7H2. The van der Waals surface area contributed by atoms with E-state index in [0.717, 1.165) is 44.5 Å². The molecule has 0 saturated heterocycles. The average Bonchev–Trinajstić information content (AvgIpc) is 3.27. The van der Waals surface area contributed by atoms with Gasteiger partial charge in [0, 0.05) is 56.6 Å². The van der Waals surface area contributed by atoms with E-state index in [-0.39, 0.29) is 22.3 Å². The maximum Gasteiger partial charge on any atom is 0.339 e. The number of para-hydroxylation sites is 2. The Kier molecular flexibility index (Phi) is 15.2. The van der Waals surface area contributed by atoms with Crippen molar-refractivity contribution in [3.8, 4) is 17.2 Å².